The molecule has 0 aliphatic carbocycles. The Morgan fingerprint density at radius 3 is 2.57 bits per heavy atom. The van der Waals surface area contributed by atoms with E-state index in [2.05, 4.69) is 25.7 Å². The largest absolute Gasteiger partial charge is 0.349 e. The molecular weight excluding hydrogens is 176 g/mol. The maximum Gasteiger partial charge on any atom is 0.220 e. The second kappa shape index (κ2) is 5.81. The van der Waals surface area contributed by atoms with Gasteiger partial charge in [-0.15, -0.1) is 6.58 Å². The van der Waals surface area contributed by atoms with Crippen molar-refractivity contribution in [2.45, 2.75) is 39.2 Å². The first-order valence-corrected chi connectivity index (χ1v) is 5.08. The van der Waals surface area contributed by atoms with E-state index in [1.165, 1.54) is 0 Å². The molecule has 0 saturated heterocycles. The summed E-state index contributed by atoms with van der Waals surface area (Å²) < 4.78 is 0. The lowest BCUT2D eigenvalue weighted by Gasteiger charge is -2.33. The summed E-state index contributed by atoms with van der Waals surface area (Å²) in [6.45, 7) is 10.1. The molecule has 0 aromatic carbocycles. The van der Waals surface area contributed by atoms with Gasteiger partial charge in [-0.3, -0.25) is 4.79 Å². The van der Waals surface area contributed by atoms with Crippen LogP contribution in [0.5, 0.6) is 0 Å². The van der Waals surface area contributed by atoms with Gasteiger partial charge in [0.25, 0.3) is 0 Å². The third kappa shape index (κ3) is 3.92. The third-order valence-corrected chi connectivity index (χ3v) is 2.70. The van der Waals surface area contributed by atoms with Gasteiger partial charge in [0.15, 0.2) is 0 Å². The lowest BCUT2D eigenvalue weighted by Crippen LogP contribution is -2.54. The van der Waals surface area contributed by atoms with Crippen LogP contribution in [0.2, 0.25) is 0 Å². The molecule has 0 aromatic rings. The number of allylic oxidation sites excluding steroid dienone is 1. The molecule has 0 radical (unpaired) electrons. The Balaban J connectivity index is 4.17. The zero-order valence-electron chi connectivity index (χ0n) is 9.47. The normalized spacial score (nSPS) is 14.9. The van der Waals surface area contributed by atoms with E-state index in [0.29, 0.717) is 25.3 Å². The van der Waals surface area contributed by atoms with Gasteiger partial charge in [-0.05, 0) is 19.3 Å². The molecule has 0 spiro atoms. The quantitative estimate of drug-likeness (QED) is 0.635. The molecule has 0 aliphatic heterocycles. The van der Waals surface area contributed by atoms with E-state index in [1.54, 1.807) is 6.08 Å². The molecule has 0 bridgehead atoms. The van der Waals surface area contributed by atoms with Crippen LogP contribution in [-0.4, -0.2) is 18.0 Å². The molecule has 3 nitrogen and oxygen atoms in total. The minimum Gasteiger partial charge on any atom is -0.349 e. The summed E-state index contributed by atoms with van der Waals surface area (Å²) in [5.41, 5.74) is 5.36. The Bertz CT molecular complexity index is 201. The highest BCUT2D eigenvalue weighted by molar-refractivity contribution is 5.76. The van der Waals surface area contributed by atoms with Crippen molar-refractivity contribution in [2.75, 3.05) is 6.54 Å². The molecule has 14 heavy (non-hydrogen) atoms. The third-order valence-electron chi connectivity index (χ3n) is 2.70. The van der Waals surface area contributed by atoms with Gasteiger partial charge in [-0.2, -0.15) is 0 Å². The minimum absolute atomic E-state index is 0.0477. The molecule has 82 valence electrons. The average molecular weight is 198 g/mol. The van der Waals surface area contributed by atoms with Crippen LogP contribution in [0, 0.1) is 5.92 Å². The highest BCUT2D eigenvalue weighted by Crippen LogP contribution is 2.14. The molecule has 0 saturated carbocycles. The number of carbonyl (C=O) groups excluding carboxylic acids is 1. The maximum absolute atomic E-state index is 11.5. The van der Waals surface area contributed by atoms with Gasteiger partial charge in [-0.25, -0.2) is 0 Å². The van der Waals surface area contributed by atoms with Crippen molar-refractivity contribution in [1.29, 1.82) is 0 Å². The predicted octanol–water partition coefficient (Wildman–Crippen LogP) is 1.44. The first kappa shape index (κ1) is 13.2. The molecule has 1 unspecified atom stereocenters. The van der Waals surface area contributed by atoms with Gasteiger partial charge in [0.2, 0.25) is 5.91 Å². The molecule has 0 fully saturated rings. The zero-order chi connectivity index (χ0) is 11.2. The van der Waals surface area contributed by atoms with Crippen molar-refractivity contribution in [2.24, 2.45) is 11.7 Å². The van der Waals surface area contributed by atoms with Crippen molar-refractivity contribution in [3.63, 3.8) is 0 Å². The number of hydrogen-bond donors (Lipinski definition) is 2. The van der Waals surface area contributed by atoms with Crippen LogP contribution >= 0.6 is 0 Å². The Hall–Kier alpha value is -0.830. The highest BCUT2D eigenvalue weighted by atomic mass is 16.1. The van der Waals surface area contributed by atoms with Crippen LogP contribution in [0.1, 0.15) is 33.6 Å². The van der Waals surface area contributed by atoms with Crippen LogP contribution < -0.4 is 11.1 Å². The van der Waals surface area contributed by atoms with Gasteiger partial charge < -0.3 is 11.1 Å². The fourth-order valence-electron chi connectivity index (χ4n) is 1.05. The molecule has 3 heteroatoms. The standard InChI is InChI=1S/C11H22N2O/c1-5-6-7-10(14)13-11(4,8-12)9(2)3/h5,9H,1,6-8,12H2,2-4H3,(H,13,14). The number of nitrogens with two attached hydrogens (primary N) is 1. The molecule has 3 N–H and O–H groups in total. The van der Waals surface area contributed by atoms with E-state index >= 15 is 0 Å². The van der Waals surface area contributed by atoms with E-state index in [-0.39, 0.29) is 11.4 Å². The molecule has 0 rings (SSSR count). The van der Waals surface area contributed by atoms with E-state index in [1.807, 2.05) is 6.92 Å². The number of hydrogen-bond acceptors (Lipinski definition) is 2. The molecule has 0 aliphatic rings. The van der Waals surface area contributed by atoms with Crippen LogP contribution in [0.3, 0.4) is 0 Å². The van der Waals surface area contributed by atoms with Gasteiger partial charge in [0, 0.05) is 13.0 Å². The van der Waals surface area contributed by atoms with Crippen LogP contribution in [0.15, 0.2) is 12.7 Å². The predicted molar refractivity (Wildman–Crippen MR) is 59.9 cm³/mol. The van der Waals surface area contributed by atoms with Crippen LogP contribution in [0.4, 0.5) is 0 Å². The number of amides is 1. The Morgan fingerprint density at radius 1 is 1.64 bits per heavy atom. The second-order valence-electron chi connectivity index (χ2n) is 4.15. The van der Waals surface area contributed by atoms with Crippen molar-refractivity contribution < 1.29 is 4.79 Å². The fourth-order valence-corrected chi connectivity index (χ4v) is 1.05. The van der Waals surface area contributed by atoms with Crippen LogP contribution in [-0.2, 0) is 4.79 Å². The first-order chi connectivity index (χ1) is 6.46. The van der Waals surface area contributed by atoms with Crippen molar-refractivity contribution in [3.05, 3.63) is 12.7 Å². The number of nitrogens with one attached hydrogen (secondary N) is 1. The summed E-state index contributed by atoms with van der Waals surface area (Å²) in [7, 11) is 0. The Kier molecular flexibility index (Phi) is 5.46. The summed E-state index contributed by atoms with van der Waals surface area (Å²) in [6.07, 6.45) is 2.95. The van der Waals surface area contributed by atoms with Crippen molar-refractivity contribution in [3.8, 4) is 0 Å². The van der Waals surface area contributed by atoms with Gasteiger partial charge in [0.05, 0.1) is 5.54 Å². The lowest BCUT2D eigenvalue weighted by atomic mass is 9.88. The summed E-state index contributed by atoms with van der Waals surface area (Å²) in [6, 6.07) is 0. The number of carbonyl (C=O) groups is 1. The summed E-state index contributed by atoms with van der Waals surface area (Å²) >= 11 is 0. The van der Waals surface area contributed by atoms with Crippen molar-refractivity contribution in [1.82, 2.24) is 5.32 Å². The lowest BCUT2D eigenvalue weighted by molar-refractivity contribution is -0.123. The highest BCUT2D eigenvalue weighted by Gasteiger charge is 2.27. The molecule has 1 atom stereocenters. The topological polar surface area (TPSA) is 55.1 Å². The summed E-state index contributed by atoms with van der Waals surface area (Å²) in [5, 5.41) is 2.97. The number of rotatable bonds is 6. The SMILES string of the molecule is C=CCCC(=O)NC(C)(CN)C(C)C. The van der Waals surface area contributed by atoms with E-state index < -0.39 is 0 Å². The van der Waals surface area contributed by atoms with Gasteiger partial charge in [0.1, 0.15) is 0 Å². The maximum atomic E-state index is 11.5. The Morgan fingerprint density at radius 2 is 2.21 bits per heavy atom. The van der Waals surface area contributed by atoms with Crippen LogP contribution in [0.25, 0.3) is 0 Å². The monoisotopic (exact) mass is 198 g/mol. The van der Waals surface area contributed by atoms with E-state index in [9.17, 15) is 4.79 Å². The van der Waals surface area contributed by atoms with Gasteiger partial charge >= 0.3 is 0 Å². The van der Waals surface area contributed by atoms with Crippen molar-refractivity contribution >= 4 is 5.91 Å². The summed E-state index contributed by atoms with van der Waals surface area (Å²) in [5.74, 6) is 0.381. The van der Waals surface area contributed by atoms with Gasteiger partial charge in [-0.1, -0.05) is 19.9 Å². The second-order valence-corrected chi connectivity index (χ2v) is 4.15. The fraction of sp³-hybridized carbons (Fsp3) is 0.727. The first-order valence-electron chi connectivity index (χ1n) is 5.08. The zero-order valence-corrected chi connectivity index (χ0v) is 9.47. The smallest absolute Gasteiger partial charge is 0.220 e. The average Bonchev–Trinajstić information content (AvgIpc) is 2.14. The molecule has 0 heterocycles. The van der Waals surface area contributed by atoms with E-state index in [4.69, 9.17) is 5.73 Å². The summed E-state index contributed by atoms with van der Waals surface area (Å²) in [4.78, 5) is 11.5. The molecular formula is C11H22N2O. The van der Waals surface area contributed by atoms with E-state index in [0.717, 1.165) is 0 Å². The molecule has 0 aromatic heterocycles. The molecule has 1 amide bonds. The Labute approximate surface area is 86.8 Å². The minimum atomic E-state index is -0.293.